The van der Waals surface area contributed by atoms with E-state index in [1.165, 1.54) is 0 Å². The number of aromatic nitrogens is 2. The van der Waals surface area contributed by atoms with Crippen molar-refractivity contribution in [2.75, 3.05) is 13.1 Å². The predicted molar refractivity (Wildman–Crippen MR) is 83.0 cm³/mol. The number of nitrogens with two attached hydrogens (primary N) is 1. The first-order chi connectivity index (χ1) is 10.1. The van der Waals surface area contributed by atoms with Crippen LogP contribution in [0.4, 0.5) is 0 Å². The zero-order valence-corrected chi connectivity index (χ0v) is 12.6. The van der Waals surface area contributed by atoms with Gasteiger partial charge in [-0.05, 0) is 18.4 Å². The highest BCUT2D eigenvalue weighted by Crippen LogP contribution is 2.23. The van der Waals surface area contributed by atoms with Gasteiger partial charge in [-0.25, -0.2) is 0 Å². The van der Waals surface area contributed by atoms with Gasteiger partial charge < -0.3 is 10.6 Å². The Morgan fingerprint density at radius 3 is 2.95 bits per heavy atom. The van der Waals surface area contributed by atoms with E-state index in [1.807, 2.05) is 36.2 Å². The Kier molecular flexibility index (Phi) is 3.68. The lowest BCUT2D eigenvalue weighted by molar-refractivity contribution is 0.0644. The molecule has 3 rings (SSSR count). The lowest BCUT2D eigenvalue weighted by Gasteiger charge is -2.36. The number of fused-ring (bicyclic) bond motifs is 1. The van der Waals surface area contributed by atoms with E-state index in [1.54, 1.807) is 4.68 Å². The minimum Gasteiger partial charge on any atom is -0.337 e. The molecule has 1 saturated heterocycles. The summed E-state index contributed by atoms with van der Waals surface area (Å²) in [6.07, 6.45) is 1.88. The average molecular weight is 286 g/mol. The minimum atomic E-state index is 0.0251. The number of likely N-dealkylation sites (tertiary alicyclic amines) is 1. The third kappa shape index (κ3) is 2.42. The Hall–Kier alpha value is -1.88. The highest BCUT2D eigenvalue weighted by molar-refractivity contribution is 6.04. The molecule has 5 nitrogen and oxygen atoms in total. The van der Waals surface area contributed by atoms with Crippen molar-refractivity contribution in [2.45, 2.75) is 25.8 Å². The van der Waals surface area contributed by atoms with Crippen LogP contribution in [0, 0.1) is 5.92 Å². The first kappa shape index (κ1) is 14.1. The smallest absolute Gasteiger partial charge is 0.275 e. The van der Waals surface area contributed by atoms with Gasteiger partial charge in [0, 0.05) is 31.6 Å². The van der Waals surface area contributed by atoms with Crippen LogP contribution in [0.2, 0.25) is 0 Å². The number of hydrogen-bond donors (Lipinski definition) is 1. The number of carbonyl (C=O) groups excluding carboxylic acids is 1. The maximum atomic E-state index is 12.8. The Bertz CT molecular complexity index is 663. The van der Waals surface area contributed by atoms with Gasteiger partial charge in [-0.1, -0.05) is 31.5 Å². The topological polar surface area (TPSA) is 64.2 Å². The van der Waals surface area contributed by atoms with Crippen LogP contribution in [0.15, 0.2) is 24.3 Å². The summed E-state index contributed by atoms with van der Waals surface area (Å²) in [6, 6.07) is 8.06. The number of para-hydroxylation sites is 1. The van der Waals surface area contributed by atoms with E-state index >= 15 is 0 Å². The van der Waals surface area contributed by atoms with E-state index in [-0.39, 0.29) is 11.9 Å². The number of rotatable bonds is 2. The van der Waals surface area contributed by atoms with E-state index in [9.17, 15) is 4.79 Å². The summed E-state index contributed by atoms with van der Waals surface area (Å²) in [5, 5.41) is 5.35. The van der Waals surface area contributed by atoms with E-state index in [2.05, 4.69) is 12.0 Å². The molecular weight excluding hydrogens is 264 g/mol. The number of carbonyl (C=O) groups is 1. The van der Waals surface area contributed by atoms with Crippen LogP contribution in [0.1, 0.15) is 30.3 Å². The average Bonchev–Trinajstić information content (AvgIpc) is 2.85. The molecule has 1 aliphatic heterocycles. The fourth-order valence-electron chi connectivity index (χ4n) is 3.19. The maximum Gasteiger partial charge on any atom is 0.275 e. The second-order valence-electron chi connectivity index (χ2n) is 5.86. The summed E-state index contributed by atoms with van der Waals surface area (Å²) >= 11 is 0. The lowest BCUT2D eigenvalue weighted by Crippen LogP contribution is -2.49. The van der Waals surface area contributed by atoms with Gasteiger partial charge in [-0.3, -0.25) is 9.48 Å². The van der Waals surface area contributed by atoms with Crippen LogP contribution in [-0.2, 0) is 7.05 Å². The van der Waals surface area contributed by atoms with Crippen LogP contribution >= 0.6 is 0 Å². The summed E-state index contributed by atoms with van der Waals surface area (Å²) in [5.74, 6) is 0.412. The van der Waals surface area contributed by atoms with Crippen molar-refractivity contribution in [3.05, 3.63) is 30.0 Å². The molecule has 1 fully saturated rings. The fraction of sp³-hybridized carbons (Fsp3) is 0.500. The monoisotopic (exact) mass is 286 g/mol. The van der Waals surface area contributed by atoms with Crippen molar-refractivity contribution < 1.29 is 4.79 Å². The lowest BCUT2D eigenvalue weighted by atomic mass is 9.90. The standard InChI is InChI=1S/C16H22N4O/c1-3-11-10-20(9-8-13(11)17)16(21)15-12-6-4-5-7-14(12)19(2)18-15/h4-7,11,13H,3,8-10,17H2,1-2H3. The number of amides is 1. The second-order valence-corrected chi connectivity index (χ2v) is 5.86. The number of nitrogens with zero attached hydrogens (tertiary/aromatic N) is 3. The van der Waals surface area contributed by atoms with Gasteiger partial charge >= 0.3 is 0 Å². The molecular formula is C16H22N4O. The normalized spacial score (nSPS) is 22.7. The Morgan fingerprint density at radius 2 is 2.19 bits per heavy atom. The molecule has 112 valence electrons. The highest BCUT2D eigenvalue weighted by Gasteiger charge is 2.30. The molecule has 0 bridgehead atoms. The molecule has 2 N–H and O–H groups in total. The predicted octanol–water partition coefficient (Wildman–Crippen LogP) is 1.77. The molecule has 0 aliphatic carbocycles. The molecule has 5 heteroatoms. The molecule has 0 radical (unpaired) electrons. The molecule has 1 amide bonds. The van der Waals surface area contributed by atoms with Crippen LogP contribution in [0.5, 0.6) is 0 Å². The van der Waals surface area contributed by atoms with Crippen LogP contribution in [0.25, 0.3) is 10.9 Å². The maximum absolute atomic E-state index is 12.8. The SMILES string of the molecule is CCC1CN(C(=O)c2nn(C)c3ccccc23)CCC1N. The Balaban J connectivity index is 1.91. The molecule has 0 spiro atoms. The minimum absolute atomic E-state index is 0.0251. The summed E-state index contributed by atoms with van der Waals surface area (Å²) < 4.78 is 1.77. The Labute approximate surface area is 124 Å². The molecule has 0 saturated carbocycles. The van der Waals surface area contributed by atoms with Crippen LogP contribution in [0.3, 0.4) is 0 Å². The zero-order valence-electron chi connectivity index (χ0n) is 12.6. The summed E-state index contributed by atoms with van der Waals surface area (Å²) in [6.45, 7) is 3.59. The van der Waals surface area contributed by atoms with Gasteiger partial charge in [0.1, 0.15) is 0 Å². The molecule has 1 aromatic heterocycles. The van der Waals surface area contributed by atoms with Crippen molar-refractivity contribution in [3.63, 3.8) is 0 Å². The van der Waals surface area contributed by atoms with Crippen LogP contribution < -0.4 is 5.73 Å². The number of benzene rings is 1. The number of aryl methyl sites for hydroxylation is 1. The quantitative estimate of drug-likeness (QED) is 0.915. The van der Waals surface area contributed by atoms with Gasteiger partial charge in [0.05, 0.1) is 5.52 Å². The molecule has 21 heavy (non-hydrogen) atoms. The third-order valence-electron chi connectivity index (χ3n) is 4.56. The molecule has 2 unspecified atom stereocenters. The van der Waals surface area contributed by atoms with Crippen molar-refractivity contribution >= 4 is 16.8 Å². The highest BCUT2D eigenvalue weighted by atomic mass is 16.2. The van der Waals surface area contributed by atoms with Gasteiger partial charge in [-0.15, -0.1) is 0 Å². The van der Waals surface area contributed by atoms with Crippen molar-refractivity contribution in [1.82, 2.24) is 14.7 Å². The Morgan fingerprint density at radius 1 is 1.43 bits per heavy atom. The third-order valence-corrected chi connectivity index (χ3v) is 4.56. The summed E-state index contributed by atoms with van der Waals surface area (Å²) in [4.78, 5) is 14.7. The fourth-order valence-corrected chi connectivity index (χ4v) is 3.19. The van der Waals surface area contributed by atoms with Crippen molar-refractivity contribution in [1.29, 1.82) is 0 Å². The number of hydrogen-bond acceptors (Lipinski definition) is 3. The molecule has 1 aromatic carbocycles. The van der Waals surface area contributed by atoms with E-state index < -0.39 is 0 Å². The second kappa shape index (κ2) is 5.48. The summed E-state index contributed by atoms with van der Waals surface area (Å²) in [5.41, 5.74) is 7.67. The molecule has 2 atom stereocenters. The molecule has 2 heterocycles. The molecule has 2 aromatic rings. The van der Waals surface area contributed by atoms with Gasteiger partial charge in [0.15, 0.2) is 5.69 Å². The van der Waals surface area contributed by atoms with Gasteiger partial charge in [0.25, 0.3) is 5.91 Å². The number of piperidine rings is 1. The van der Waals surface area contributed by atoms with E-state index in [0.29, 0.717) is 11.6 Å². The van der Waals surface area contributed by atoms with Gasteiger partial charge in [0.2, 0.25) is 0 Å². The largest absolute Gasteiger partial charge is 0.337 e. The van der Waals surface area contributed by atoms with E-state index in [4.69, 9.17) is 5.73 Å². The van der Waals surface area contributed by atoms with Gasteiger partial charge in [-0.2, -0.15) is 5.10 Å². The van der Waals surface area contributed by atoms with Crippen molar-refractivity contribution in [2.24, 2.45) is 18.7 Å². The van der Waals surface area contributed by atoms with E-state index in [0.717, 1.165) is 36.8 Å². The van der Waals surface area contributed by atoms with Crippen molar-refractivity contribution in [3.8, 4) is 0 Å². The summed E-state index contributed by atoms with van der Waals surface area (Å²) in [7, 11) is 1.88. The van der Waals surface area contributed by atoms with Crippen LogP contribution in [-0.4, -0.2) is 39.7 Å². The first-order valence-electron chi connectivity index (χ1n) is 7.58. The first-order valence-corrected chi connectivity index (χ1v) is 7.58. The zero-order chi connectivity index (χ0) is 15.0. The molecule has 1 aliphatic rings.